The molecule has 16 heavy (non-hydrogen) atoms. The molecule has 0 spiro atoms. The maximum atomic E-state index is 12.0. The summed E-state index contributed by atoms with van der Waals surface area (Å²) in [7, 11) is 0. The molecule has 1 N–H and O–H groups in total. The summed E-state index contributed by atoms with van der Waals surface area (Å²) in [5.74, 6) is 1.49. The number of piperidine rings is 1. The van der Waals surface area contributed by atoms with Gasteiger partial charge in [0, 0.05) is 31.1 Å². The molecule has 0 radical (unpaired) electrons. The number of carbonyl (C=O) groups is 1. The SMILES string of the molecule is O=C1CC2CNCCC2N1c1ccccn1. The van der Waals surface area contributed by atoms with Crippen LogP contribution in [0.3, 0.4) is 0 Å². The van der Waals surface area contributed by atoms with Crippen LogP contribution in [0.5, 0.6) is 0 Å². The van der Waals surface area contributed by atoms with E-state index in [1.54, 1.807) is 6.20 Å². The van der Waals surface area contributed by atoms with E-state index < -0.39 is 0 Å². The highest BCUT2D eigenvalue weighted by atomic mass is 16.2. The molecule has 3 rings (SSSR count). The van der Waals surface area contributed by atoms with Crippen LogP contribution >= 0.6 is 0 Å². The van der Waals surface area contributed by atoms with Crippen molar-refractivity contribution in [2.24, 2.45) is 5.92 Å². The molecule has 2 unspecified atom stereocenters. The zero-order valence-corrected chi connectivity index (χ0v) is 9.10. The number of hydrogen-bond acceptors (Lipinski definition) is 3. The van der Waals surface area contributed by atoms with Gasteiger partial charge >= 0.3 is 0 Å². The monoisotopic (exact) mass is 217 g/mol. The molecule has 1 amide bonds. The van der Waals surface area contributed by atoms with Crippen molar-refractivity contribution in [1.82, 2.24) is 10.3 Å². The standard InChI is InChI=1S/C12H15N3O/c16-12-7-9-8-13-6-4-10(9)15(12)11-3-1-2-5-14-11/h1-3,5,9-10,13H,4,6-8H2. The first-order valence-electron chi connectivity index (χ1n) is 5.80. The predicted octanol–water partition coefficient (Wildman–Crippen LogP) is 0.796. The van der Waals surface area contributed by atoms with E-state index in [4.69, 9.17) is 0 Å². The van der Waals surface area contributed by atoms with Crippen molar-refractivity contribution < 1.29 is 4.79 Å². The Labute approximate surface area is 94.7 Å². The second-order valence-electron chi connectivity index (χ2n) is 4.48. The largest absolute Gasteiger partial charge is 0.316 e. The molecule has 3 heterocycles. The van der Waals surface area contributed by atoms with Gasteiger partial charge in [0.2, 0.25) is 5.91 Å². The normalized spacial score (nSPS) is 29.2. The van der Waals surface area contributed by atoms with E-state index in [-0.39, 0.29) is 5.91 Å². The van der Waals surface area contributed by atoms with Crippen LogP contribution in [0.1, 0.15) is 12.8 Å². The number of amides is 1. The molecule has 2 atom stereocenters. The van der Waals surface area contributed by atoms with Crippen molar-refractivity contribution in [2.75, 3.05) is 18.0 Å². The van der Waals surface area contributed by atoms with Gasteiger partial charge in [0.25, 0.3) is 0 Å². The molecule has 2 aliphatic heterocycles. The molecule has 0 aliphatic carbocycles. The number of carbonyl (C=O) groups excluding carboxylic acids is 1. The Morgan fingerprint density at radius 1 is 1.44 bits per heavy atom. The summed E-state index contributed by atoms with van der Waals surface area (Å²) in [6, 6.07) is 6.08. The molecule has 1 aromatic rings. The van der Waals surface area contributed by atoms with Crippen LogP contribution in [0.15, 0.2) is 24.4 Å². The minimum atomic E-state index is 0.220. The van der Waals surface area contributed by atoms with E-state index in [1.807, 2.05) is 23.1 Å². The van der Waals surface area contributed by atoms with Crippen molar-refractivity contribution in [1.29, 1.82) is 0 Å². The predicted molar refractivity (Wildman–Crippen MR) is 61.1 cm³/mol. The Balaban J connectivity index is 1.91. The lowest BCUT2D eigenvalue weighted by atomic mass is 9.94. The molecule has 84 valence electrons. The summed E-state index contributed by atoms with van der Waals surface area (Å²) < 4.78 is 0. The molecule has 2 fully saturated rings. The molecule has 0 bridgehead atoms. The number of pyridine rings is 1. The lowest BCUT2D eigenvalue weighted by Crippen LogP contribution is -2.44. The van der Waals surface area contributed by atoms with E-state index in [2.05, 4.69) is 10.3 Å². The first-order chi connectivity index (χ1) is 7.86. The molecule has 0 saturated carbocycles. The number of nitrogens with one attached hydrogen (secondary N) is 1. The van der Waals surface area contributed by atoms with Gasteiger partial charge in [0.1, 0.15) is 5.82 Å². The maximum absolute atomic E-state index is 12.0. The van der Waals surface area contributed by atoms with Gasteiger partial charge in [-0.2, -0.15) is 0 Å². The lowest BCUT2D eigenvalue weighted by molar-refractivity contribution is -0.117. The number of aromatic nitrogens is 1. The van der Waals surface area contributed by atoms with E-state index in [1.165, 1.54) is 0 Å². The zero-order valence-electron chi connectivity index (χ0n) is 9.10. The topological polar surface area (TPSA) is 45.2 Å². The van der Waals surface area contributed by atoms with Gasteiger partial charge in [0.15, 0.2) is 0 Å². The van der Waals surface area contributed by atoms with Gasteiger partial charge < -0.3 is 5.32 Å². The minimum absolute atomic E-state index is 0.220. The number of rotatable bonds is 1. The van der Waals surface area contributed by atoms with Gasteiger partial charge in [-0.05, 0) is 25.1 Å². The molecule has 0 aromatic carbocycles. The molecule has 2 saturated heterocycles. The van der Waals surface area contributed by atoms with Crippen molar-refractivity contribution in [3.05, 3.63) is 24.4 Å². The fourth-order valence-electron chi connectivity index (χ4n) is 2.76. The maximum Gasteiger partial charge on any atom is 0.228 e. The van der Waals surface area contributed by atoms with Gasteiger partial charge in [-0.3, -0.25) is 9.69 Å². The molecule has 4 heteroatoms. The Bertz CT molecular complexity index is 393. The Morgan fingerprint density at radius 3 is 3.19 bits per heavy atom. The second-order valence-corrected chi connectivity index (χ2v) is 4.48. The highest BCUT2D eigenvalue weighted by Gasteiger charge is 2.41. The lowest BCUT2D eigenvalue weighted by Gasteiger charge is -2.31. The number of fused-ring (bicyclic) bond motifs is 1. The third-order valence-corrected chi connectivity index (χ3v) is 3.50. The summed E-state index contributed by atoms with van der Waals surface area (Å²) in [4.78, 5) is 18.2. The van der Waals surface area contributed by atoms with Crippen LogP contribution in [0.4, 0.5) is 5.82 Å². The van der Waals surface area contributed by atoms with Crippen molar-refractivity contribution in [3.8, 4) is 0 Å². The molecule has 4 nitrogen and oxygen atoms in total. The Kier molecular flexibility index (Phi) is 2.36. The quantitative estimate of drug-likeness (QED) is 0.756. The average molecular weight is 217 g/mol. The Morgan fingerprint density at radius 2 is 2.38 bits per heavy atom. The molecule has 1 aromatic heterocycles. The van der Waals surface area contributed by atoms with Crippen LogP contribution in [-0.4, -0.2) is 30.0 Å². The number of hydrogen-bond donors (Lipinski definition) is 1. The third kappa shape index (κ3) is 1.50. The van der Waals surface area contributed by atoms with Crippen LogP contribution in [-0.2, 0) is 4.79 Å². The first kappa shape index (κ1) is 9.78. The number of nitrogens with zero attached hydrogens (tertiary/aromatic N) is 2. The average Bonchev–Trinajstić information content (AvgIpc) is 2.66. The van der Waals surface area contributed by atoms with Crippen molar-refractivity contribution in [3.63, 3.8) is 0 Å². The molecule has 2 aliphatic rings. The van der Waals surface area contributed by atoms with Crippen LogP contribution in [0.2, 0.25) is 0 Å². The second kappa shape index (κ2) is 3.87. The van der Waals surface area contributed by atoms with Gasteiger partial charge in [-0.15, -0.1) is 0 Å². The van der Waals surface area contributed by atoms with Crippen LogP contribution < -0.4 is 10.2 Å². The zero-order chi connectivity index (χ0) is 11.0. The molecular formula is C12H15N3O. The van der Waals surface area contributed by atoms with E-state index in [0.717, 1.165) is 25.3 Å². The van der Waals surface area contributed by atoms with E-state index in [9.17, 15) is 4.79 Å². The van der Waals surface area contributed by atoms with Crippen LogP contribution in [0, 0.1) is 5.92 Å². The first-order valence-corrected chi connectivity index (χ1v) is 5.80. The third-order valence-electron chi connectivity index (χ3n) is 3.50. The summed E-state index contributed by atoms with van der Waals surface area (Å²) in [6.07, 6.45) is 3.44. The van der Waals surface area contributed by atoms with Crippen molar-refractivity contribution in [2.45, 2.75) is 18.9 Å². The van der Waals surface area contributed by atoms with Crippen LogP contribution in [0.25, 0.3) is 0 Å². The highest BCUT2D eigenvalue weighted by molar-refractivity contribution is 5.95. The van der Waals surface area contributed by atoms with Gasteiger partial charge in [0.05, 0.1) is 0 Å². The molecular weight excluding hydrogens is 202 g/mol. The minimum Gasteiger partial charge on any atom is -0.316 e. The van der Waals surface area contributed by atoms with Gasteiger partial charge in [-0.1, -0.05) is 6.07 Å². The van der Waals surface area contributed by atoms with E-state index in [0.29, 0.717) is 18.4 Å². The van der Waals surface area contributed by atoms with Crippen molar-refractivity contribution >= 4 is 11.7 Å². The fourth-order valence-corrected chi connectivity index (χ4v) is 2.76. The summed E-state index contributed by atoms with van der Waals surface area (Å²) in [6.45, 7) is 1.96. The van der Waals surface area contributed by atoms with Gasteiger partial charge in [-0.25, -0.2) is 4.98 Å². The fraction of sp³-hybridized carbons (Fsp3) is 0.500. The summed E-state index contributed by atoms with van der Waals surface area (Å²) in [5, 5.41) is 3.35. The highest BCUT2D eigenvalue weighted by Crippen LogP contribution is 2.32. The Hall–Kier alpha value is -1.42. The number of anilines is 1. The van der Waals surface area contributed by atoms with E-state index >= 15 is 0 Å². The summed E-state index contributed by atoms with van der Waals surface area (Å²) >= 11 is 0. The smallest absolute Gasteiger partial charge is 0.228 e. The summed E-state index contributed by atoms with van der Waals surface area (Å²) in [5.41, 5.74) is 0.